The zero-order valence-corrected chi connectivity index (χ0v) is 11.9. The van der Waals surface area contributed by atoms with Crippen molar-refractivity contribution in [2.45, 2.75) is 32.7 Å². The SMILES string of the molecule is CNS(=O)(=O)N1CCc2ccc(C(C)C)cc2C1. The largest absolute Gasteiger partial charge is 0.279 e. The van der Waals surface area contributed by atoms with Crippen LogP contribution < -0.4 is 4.72 Å². The Balaban J connectivity index is 2.30. The van der Waals surface area contributed by atoms with Gasteiger partial charge in [0.25, 0.3) is 10.2 Å². The van der Waals surface area contributed by atoms with Crippen LogP contribution in [0.1, 0.15) is 36.5 Å². The highest BCUT2D eigenvalue weighted by Crippen LogP contribution is 2.24. The van der Waals surface area contributed by atoms with Gasteiger partial charge in [-0.2, -0.15) is 12.7 Å². The predicted molar refractivity (Wildman–Crippen MR) is 72.6 cm³/mol. The lowest BCUT2D eigenvalue weighted by Crippen LogP contribution is -2.41. The lowest BCUT2D eigenvalue weighted by Gasteiger charge is -2.28. The van der Waals surface area contributed by atoms with Gasteiger partial charge in [-0.1, -0.05) is 32.0 Å². The second-order valence-electron chi connectivity index (χ2n) is 4.98. The van der Waals surface area contributed by atoms with Crippen molar-refractivity contribution in [3.05, 3.63) is 34.9 Å². The van der Waals surface area contributed by atoms with Crippen LogP contribution in [0.4, 0.5) is 0 Å². The molecule has 1 heterocycles. The van der Waals surface area contributed by atoms with Crippen molar-refractivity contribution < 1.29 is 8.42 Å². The second-order valence-corrected chi connectivity index (χ2v) is 6.85. The second kappa shape index (κ2) is 4.99. The summed E-state index contributed by atoms with van der Waals surface area (Å²) in [6.45, 7) is 5.32. The lowest BCUT2D eigenvalue weighted by molar-refractivity contribution is 0.386. The van der Waals surface area contributed by atoms with Crippen molar-refractivity contribution >= 4 is 10.2 Å². The molecule has 1 aliphatic heterocycles. The molecule has 0 fully saturated rings. The quantitative estimate of drug-likeness (QED) is 0.906. The molecule has 1 aliphatic rings. The number of nitrogens with zero attached hydrogens (tertiary/aromatic N) is 1. The minimum absolute atomic E-state index is 0.464. The summed E-state index contributed by atoms with van der Waals surface area (Å²) >= 11 is 0. The number of rotatable bonds is 3. The molecule has 0 atom stereocenters. The van der Waals surface area contributed by atoms with Gasteiger partial charge in [-0.05, 0) is 29.0 Å². The van der Waals surface area contributed by atoms with Gasteiger partial charge in [-0.15, -0.1) is 0 Å². The molecule has 0 amide bonds. The van der Waals surface area contributed by atoms with Gasteiger partial charge >= 0.3 is 0 Å². The van der Waals surface area contributed by atoms with Crippen molar-refractivity contribution in [2.24, 2.45) is 0 Å². The average Bonchev–Trinajstić information content (AvgIpc) is 2.37. The van der Waals surface area contributed by atoms with Crippen molar-refractivity contribution in [2.75, 3.05) is 13.6 Å². The molecule has 0 bridgehead atoms. The Morgan fingerprint density at radius 1 is 1.28 bits per heavy atom. The molecule has 1 aromatic carbocycles. The molecular formula is C13H20N2O2S. The number of hydrogen-bond acceptors (Lipinski definition) is 2. The molecule has 0 aliphatic carbocycles. The fourth-order valence-electron chi connectivity index (χ4n) is 2.24. The first-order chi connectivity index (χ1) is 8.44. The van der Waals surface area contributed by atoms with E-state index in [0.717, 1.165) is 12.0 Å². The summed E-state index contributed by atoms with van der Waals surface area (Å²) in [5.74, 6) is 0.464. The molecule has 0 radical (unpaired) electrons. The Kier molecular flexibility index (Phi) is 3.75. The van der Waals surface area contributed by atoms with Crippen LogP contribution in [-0.2, 0) is 23.2 Å². The van der Waals surface area contributed by atoms with Crippen LogP contribution in [-0.4, -0.2) is 26.3 Å². The van der Waals surface area contributed by atoms with E-state index < -0.39 is 10.2 Å². The third-order valence-electron chi connectivity index (χ3n) is 3.47. The first kappa shape index (κ1) is 13.5. The molecule has 2 rings (SSSR count). The smallest absolute Gasteiger partial charge is 0.205 e. The van der Waals surface area contributed by atoms with Gasteiger partial charge in [0.15, 0.2) is 0 Å². The highest BCUT2D eigenvalue weighted by Gasteiger charge is 2.25. The molecule has 100 valence electrons. The average molecular weight is 268 g/mol. The molecule has 5 heteroatoms. The Labute approximate surface area is 109 Å². The fraction of sp³-hybridized carbons (Fsp3) is 0.538. The zero-order chi connectivity index (χ0) is 13.3. The molecule has 4 nitrogen and oxygen atoms in total. The number of fused-ring (bicyclic) bond motifs is 1. The number of hydrogen-bond donors (Lipinski definition) is 1. The molecule has 0 saturated carbocycles. The molecule has 0 saturated heterocycles. The van der Waals surface area contributed by atoms with E-state index in [1.807, 2.05) is 0 Å². The van der Waals surface area contributed by atoms with E-state index in [1.54, 1.807) is 0 Å². The maximum Gasteiger partial charge on any atom is 0.279 e. The third-order valence-corrected chi connectivity index (χ3v) is 4.98. The van der Waals surface area contributed by atoms with Crippen LogP contribution in [0.2, 0.25) is 0 Å². The van der Waals surface area contributed by atoms with Crippen molar-refractivity contribution in [3.63, 3.8) is 0 Å². The van der Waals surface area contributed by atoms with Gasteiger partial charge in [0, 0.05) is 20.1 Å². The Bertz CT molecular complexity index is 538. The highest BCUT2D eigenvalue weighted by atomic mass is 32.2. The third kappa shape index (κ3) is 2.58. The summed E-state index contributed by atoms with van der Waals surface area (Å²) in [5.41, 5.74) is 3.66. The lowest BCUT2D eigenvalue weighted by atomic mass is 9.94. The monoisotopic (exact) mass is 268 g/mol. The Morgan fingerprint density at radius 3 is 2.61 bits per heavy atom. The maximum absolute atomic E-state index is 11.8. The van der Waals surface area contributed by atoms with Crippen molar-refractivity contribution in [1.82, 2.24) is 9.03 Å². The summed E-state index contributed by atoms with van der Waals surface area (Å²) < 4.78 is 27.5. The van der Waals surface area contributed by atoms with Crippen molar-refractivity contribution in [3.8, 4) is 0 Å². The first-order valence-corrected chi connectivity index (χ1v) is 7.68. The summed E-state index contributed by atoms with van der Waals surface area (Å²) in [4.78, 5) is 0. The topological polar surface area (TPSA) is 49.4 Å². The van der Waals surface area contributed by atoms with Gasteiger partial charge < -0.3 is 0 Å². The van der Waals surface area contributed by atoms with Crippen LogP contribution in [0.15, 0.2) is 18.2 Å². The zero-order valence-electron chi connectivity index (χ0n) is 11.1. The maximum atomic E-state index is 11.8. The molecule has 0 unspecified atom stereocenters. The first-order valence-electron chi connectivity index (χ1n) is 6.24. The van der Waals surface area contributed by atoms with E-state index in [0.29, 0.717) is 19.0 Å². The Morgan fingerprint density at radius 2 is 2.00 bits per heavy atom. The molecule has 18 heavy (non-hydrogen) atoms. The summed E-state index contributed by atoms with van der Waals surface area (Å²) in [5, 5.41) is 0. The standard InChI is InChI=1S/C13H20N2O2S/c1-10(2)12-5-4-11-6-7-15(9-13(11)8-12)18(16,17)14-3/h4-5,8,10,14H,6-7,9H2,1-3H3. The van der Waals surface area contributed by atoms with Gasteiger partial charge in [0.05, 0.1) is 0 Å². The van der Waals surface area contributed by atoms with Crippen LogP contribution in [0.3, 0.4) is 0 Å². The van der Waals surface area contributed by atoms with Gasteiger partial charge in [-0.25, -0.2) is 4.72 Å². The summed E-state index contributed by atoms with van der Waals surface area (Å²) in [7, 11) is -1.86. The van der Waals surface area contributed by atoms with Gasteiger partial charge in [-0.3, -0.25) is 0 Å². The number of benzene rings is 1. The van der Waals surface area contributed by atoms with E-state index >= 15 is 0 Å². The Hall–Kier alpha value is -0.910. The van der Waals surface area contributed by atoms with E-state index in [9.17, 15) is 8.42 Å². The summed E-state index contributed by atoms with van der Waals surface area (Å²) in [6.07, 6.45) is 0.786. The molecule has 1 N–H and O–H groups in total. The van der Waals surface area contributed by atoms with E-state index in [1.165, 1.54) is 22.5 Å². The number of nitrogens with one attached hydrogen (secondary N) is 1. The van der Waals surface area contributed by atoms with Gasteiger partial charge in [0.2, 0.25) is 0 Å². The van der Waals surface area contributed by atoms with Crippen LogP contribution in [0.25, 0.3) is 0 Å². The summed E-state index contributed by atoms with van der Waals surface area (Å²) in [6, 6.07) is 6.41. The molecular weight excluding hydrogens is 248 g/mol. The molecule has 1 aromatic rings. The van der Waals surface area contributed by atoms with Crippen LogP contribution in [0, 0.1) is 0 Å². The normalized spacial score (nSPS) is 16.9. The minimum Gasteiger partial charge on any atom is -0.205 e. The molecule has 0 aromatic heterocycles. The predicted octanol–water partition coefficient (Wildman–Crippen LogP) is 1.63. The van der Waals surface area contributed by atoms with E-state index in [2.05, 4.69) is 36.8 Å². The van der Waals surface area contributed by atoms with E-state index in [4.69, 9.17) is 0 Å². The van der Waals surface area contributed by atoms with Gasteiger partial charge in [0.1, 0.15) is 0 Å². The van der Waals surface area contributed by atoms with Crippen LogP contribution >= 0.6 is 0 Å². The van der Waals surface area contributed by atoms with E-state index in [-0.39, 0.29) is 0 Å². The fourth-order valence-corrected chi connectivity index (χ4v) is 3.14. The minimum atomic E-state index is -3.31. The van der Waals surface area contributed by atoms with Crippen LogP contribution in [0.5, 0.6) is 0 Å². The van der Waals surface area contributed by atoms with Crippen molar-refractivity contribution in [1.29, 1.82) is 0 Å². The highest BCUT2D eigenvalue weighted by molar-refractivity contribution is 7.87. The molecule has 0 spiro atoms.